The van der Waals surface area contributed by atoms with Crippen molar-refractivity contribution in [1.29, 1.82) is 0 Å². The van der Waals surface area contributed by atoms with Gasteiger partial charge in [-0.2, -0.15) is 0 Å². The molecule has 1 aliphatic carbocycles. The molecule has 2 nitrogen and oxygen atoms in total. The van der Waals surface area contributed by atoms with Gasteiger partial charge in [0, 0.05) is 18.4 Å². The third kappa shape index (κ3) is 2.32. The molecule has 1 heterocycles. The molecule has 0 aromatic carbocycles. The maximum absolute atomic E-state index is 4.15. The van der Waals surface area contributed by atoms with Gasteiger partial charge in [0.1, 0.15) is 0 Å². The Kier molecular flexibility index (Phi) is 3.14. The molecule has 2 atom stereocenters. The summed E-state index contributed by atoms with van der Waals surface area (Å²) in [6.07, 6.45) is 9.06. The van der Waals surface area contributed by atoms with Crippen LogP contribution in [0.2, 0.25) is 0 Å². The number of pyridine rings is 1. The fourth-order valence-electron chi connectivity index (χ4n) is 2.37. The van der Waals surface area contributed by atoms with E-state index in [4.69, 9.17) is 0 Å². The third-order valence-electron chi connectivity index (χ3n) is 3.20. The number of aromatic nitrogens is 1. The van der Waals surface area contributed by atoms with Crippen LogP contribution in [-0.4, -0.2) is 18.1 Å². The molecule has 14 heavy (non-hydrogen) atoms. The topological polar surface area (TPSA) is 24.9 Å². The van der Waals surface area contributed by atoms with Crippen LogP contribution in [0.4, 0.5) is 0 Å². The van der Waals surface area contributed by atoms with E-state index >= 15 is 0 Å². The molecule has 2 heteroatoms. The van der Waals surface area contributed by atoms with Crippen molar-refractivity contribution in [3.05, 3.63) is 30.1 Å². The van der Waals surface area contributed by atoms with Crippen LogP contribution in [0.5, 0.6) is 0 Å². The van der Waals surface area contributed by atoms with Crippen molar-refractivity contribution in [2.24, 2.45) is 5.92 Å². The summed E-state index contributed by atoms with van der Waals surface area (Å²) in [7, 11) is 2.07. The predicted octanol–water partition coefficient (Wildman–Crippen LogP) is 2.01. The Morgan fingerprint density at radius 1 is 1.50 bits per heavy atom. The second-order valence-corrected chi connectivity index (χ2v) is 4.23. The van der Waals surface area contributed by atoms with Crippen LogP contribution in [0.15, 0.2) is 24.5 Å². The van der Waals surface area contributed by atoms with Crippen LogP contribution in [0.3, 0.4) is 0 Å². The van der Waals surface area contributed by atoms with Gasteiger partial charge in [-0.3, -0.25) is 4.98 Å². The minimum atomic E-state index is 0.747. The number of hydrogen-bond donors (Lipinski definition) is 1. The number of nitrogens with one attached hydrogen (secondary N) is 1. The lowest BCUT2D eigenvalue weighted by molar-refractivity contribution is 0.509. The first-order chi connectivity index (χ1) is 6.88. The Balaban J connectivity index is 1.88. The third-order valence-corrected chi connectivity index (χ3v) is 3.20. The normalized spacial score (nSPS) is 26.6. The highest BCUT2D eigenvalue weighted by atomic mass is 14.9. The fraction of sp³-hybridized carbons (Fsp3) is 0.583. The lowest BCUT2D eigenvalue weighted by atomic mass is 9.99. The summed E-state index contributed by atoms with van der Waals surface area (Å²) in [5, 5.41) is 3.36. The first-order valence-electron chi connectivity index (χ1n) is 5.44. The molecule has 1 fully saturated rings. The molecule has 2 unspecified atom stereocenters. The van der Waals surface area contributed by atoms with Gasteiger partial charge in [-0.1, -0.05) is 6.07 Å². The Morgan fingerprint density at radius 3 is 3.07 bits per heavy atom. The summed E-state index contributed by atoms with van der Waals surface area (Å²) in [5.74, 6) is 0.858. The molecule has 0 spiro atoms. The largest absolute Gasteiger partial charge is 0.317 e. The van der Waals surface area contributed by atoms with E-state index in [1.54, 1.807) is 0 Å². The molecule has 2 rings (SSSR count). The van der Waals surface area contributed by atoms with Crippen molar-refractivity contribution in [2.75, 3.05) is 7.05 Å². The molecule has 0 radical (unpaired) electrons. The van der Waals surface area contributed by atoms with Gasteiger partial charge in [-0.05, 0) is 50.3 Å². The van der Waals surface area contributed by atoms with Crippen LogP contribution in [0, 0.1) is 5.92 Å². The Bertz CT molecular complexity index is 271. The minimum absolute atomic E-state index is 0.747. The monoisotopic (exact) mass is 190 g/mol. The lowest BCUT2D eigenvalue weighted by Gasteiger charge is -2.10. The van der Waals surface area contributed by atoms with Crippen LogP contribution in [-0.2, 0) is 6.42 Å². The summed E-state index contributed by atoms with van der Waals surface area (Å²) in [6, 6.07) is 4.95. The van der Waals surface area contributed by atoms with Gasteiger partial charge in [0.25, 0.3) is 0 Å². The molecule has 1 saturated carbocycles. The number of rotatable bonds is 3. The van der Waals surface area contributed by atoms with Gasteiger partial charge in [0.2, 0.25) is 0 Å². The number of nitrogens with zero attached hydrogens (tertiary/aromatic N) is 1. The highest BCUT2D eigenvalue weighted by Gasteiger charge is 2.23. The zero-order valence-electron chi connectivity index (χ0n) is 8.74. The molecule has 1 aliphatic rings. The Hall–Kier alpha value is -0.890. The molecule has 0 bridgehead atoms. The summed E-state index contributed by atoms with van der Waals surface area (Å²) in [5.41, 5.74) is 1.38. The van der Waals surface area contributed by atoms with Crippen molar-refractivity contribution in [2.45, 2.75) is 31.7 Å². The van der Waals surface area contributed by atoms with Crippen molar-refractivity contribution in [3.8, 4) is 0 Å². The predicted molar refractivity (Wildman–Crippen MR) is 58.1 cm³/mol. The van der Waals surface area contributed by atoms with Crippen LogP contribution in [0.1, 0.15) is 24.8 Å². The zero-order valence-corrected chi connectivity index (χ0v) is 8.74. The fourth-order valence-corrected chi connectivity index (χ4v) is 2.37. The van der Waals surface area contributed by atoms with E-state index in [0.717, 1.165) is 12.0 Å². The van der Waals surface area contributed by atoms with Crippen LogP contribution in [0.25, 0.3) is 0 Å². The molecule has 1 aromatic heterocycles. The van der Waals surface area contributed by atoms with Gasteiger partial charge in [0.15, 0.2) is 0 Å². The average Bonchev–Trinajstić information content (AvgIpc) is 2.67. The summed E-state index contributed by atoms with van der Waals surface area (Å²) in [4.78, 5) is 4.15. The first-order valence-corrected chi connectivity index (χ1v) is 5.44. The Labute approximate surface area is 85.7 Å². The van der Waals surface area contributed by atoms with E-state index < -0.39 is 0 Å². The average molecular weight is 190 g/mol. The van der Waals surface area contributed by atoms with E-state index in [2.05, 4.69) is 23.4 Å². The zero-order chi connectivity index (χ0) is 9.80. The van der Waals surface area contributed by atoms with E-state index in [1.807, 2.05) is 18.5 Å². The maximum Gasteiger partial charge on any atom is 0.0299 e. The molecular weight excluding hydrogens is 172 g/mol. The quantitative estimate of drug-likeness (QED) is 0.788. The summed E-state index contributed by atoms with van der Waals surface area (Å²) < 4.78 is 0. The van der Waals surface area contributed by atoms with Gasteiger partial charge in [-0.25, -0.2) is 0 Å². The van der Waals surface area contributed by atoms with Gasteiger partial charge in [0.05, 0.1) is 0 Å². The van der Waals surface area contributed by atoms with Crippen molar-refractivity contribution >= 4 is 0 Å². The molecule has 0 amide bonds. The van der Waals surface area contributed by atoms with E-state index in [9.17, 15) is 0 Å². The molecule has 76 valence electrons. The highest BCUT2D eigenvalue weighted by Crippen LogP contribution is 2.28. The SMILES string of the molecule is CNC1CCC(Cc2cccnc2)C1. The van der Waals surface area contributed by atoms with Crippen LogP contribution < -0.4 is 5.32 Å². The second-order valence-electron chi connectivity index (χ2n) is 4.23. The van der Waals surface area contributed by atoms with E-state index in [-0.39, 0.29) is 0 Å². The standard InChI is InChI=1S/C12H18N2/c1-13-12-5-4-10(8-12)7-11-3-2-6-14-9-11/h2-3,6,9-10,12-13H,4-5,7-8H2,1H3. The molecule has 1 N–H and O–H groups in total. The molecular formula is C12H18N2. The van der Waals surface area contributed by atoms with Gasteiger partial charge < -0.3 is 5.32 Å². The Morgan fingerprint density at radius 2 is 2.43 bits per heavy atom. The van der Waals surface area contributed by atoms with Crippen molar-refractivity contribution in [1.82, 2.24) is 10.3 Å². The molecule has 0 saturated heterocycles. The highest BCUT2D eigenvalue weighted by molar-refractivity contribution is 5.09. The second kappa shape index (κ2) is 4.56. The van der Waals surface area contributed by atoms with Crippen molar-refractivity contribution < 1.29 is 0 Å². The lowest BCUT2D eigenvalue weighted by Crippen LogP contribution is -2.21. The summed E-state index contributed by atoms with van der Waals surface area (Å²) >= 11 is 0. The smallest absolute Gasteiger partial charge is 0.0299 e. The minimum Gasteiger partial charge on any atom is -0.317 e. The van der Waals surface area contributed by atoms with Crippen LogP contribution >= 0.6 is 0 Å². The van der Waals surface area contributed by atoms with Gasteiger partial charge in [-0.15, -0.1) is 0 Å². The molecule has 1 aromatic rings. The summed E-state index contributed by atoms with van der Waals surface area (Å²) in [6.45, 7) is 0. The van der Waals surface area contributed by atoms with E-state index in [0.29, 0.717) is 0 Å². The number of hydrogen-bond acceptors (Lipinski definition) is 2. The first kappa shape index (κ1) is 9.66. The van der Waals surface area contributed by atoms with E-state index in [1.165, 1.54) is 31.2 Å². The maximum atomic E-state index is 4.15. The van der Waals surface area contributed by atoms with Crippen molar-refractivity contribution in [3.63, 3.8) is 0 Å². The molecule has 0 aliphatic heterocycles. The van der Waals surface area contributed by atoms with Gasteiger partial charge >= 0.3 is 0 Å².